The van der Waals surface area contributed by atoms with Gasteiger partial charge in [-0.1, -0.05) is 0 Å². The topological polar surface area (TPSA) is 106 Å². The second kappa shape index (κ2) is 6.29. The minimum Gasteiger partial charge on any atom is -0.280 e. The number of nitrogens with one attached hydrogen (secondary N) is 1. The van der Waals surface area contributed by atoms with Crippen molar-refractivity contribution >= 4 is 37.5 Å². The van der Waals surface area contributed by atoms with Crippen molar-refractivity contribution < 1.29 is 16.8 Å². The molecule has 0 aromatic heterocycles. The average Bonchev–Trinajstić information content (AvgIpc) is 2.47. The standard InChI is InChI=1S/C13H14N2O4S3/c1-20-11-4-2-10(3-5-11)15-22(18,19)13-8-6-12(7-9-13)21(14,16)17/h2-9,15H,1H3,(H2,14,16,17). The molecule has 0 aliphatic carbocycles. The van der Waals surface area contributed by atoms with Crippen LogP contribution in [0.5, 0.6) is 0 Å². The smallest absolute Gasteiger partial charge is 0.261 e. The van der Waals surface area contributed by atoms with Crippen LogP contribution in [0.2, 0.25) is 0 Å². The van der Waals surface area contributed by atoms with Gasteiger partial charge in [0, 0.05) is 10.6 Å². The molecule has 0 aliphatic rings. The van der Waals surface area contributed by atoms with E-state index in [4.69, 9.17) is 5.14 Å². The minimum atomic E-state index is -3.85. The summed E-state index contributed by atoms with van der Waals surface area (Å²) in [6.45, 7) is 0. The van der Waals surface area contributed by atoms with Gasteiger partial charge in [0.15, 0.2) is 0 Å². The summed E-state index contributed by atoms with van der Waals surface area (Å²) in [5.41, 5.74) is 0.424. The number of thioether (sulfide) groups is 1. The van der Waals surface area contributed by atoms with Gasteiger partial charge in [0.05, 0.1) is 9.79 Å². The highest BCUT2D eigenvalue weighted by Crippen LogP contribution is 2.21. The van der Waals surface area contributed by atoms with Crippen molar-refractivity contribution in [1.82, 2.24) is 0 Å². The van der Waals surface area contributed by atoms with Crippen molar-refractivity contribution in [3.8, 4) is 0 Å². The molecule has 0 unspecified atom stereocenters. The molecule has 3 N–H and O–H groups in total. The molecule has 2 rings (SSSR count). The molecule has 0 spiro atoms. The summed E-state index contributed by atoms with van der Waals surface area (Å²) in [7, 11) is -7.64. The molecule has 0 radical (unpaired) electrons. The molecule has 9 heteroatoms. The first kappa shape index (κ1) is 16.8. The molecule has 118 valence electrons. The van der Waals surface area contributed by atoms with Crippen molar-refractivity contribution in [3.63, 3.8) is 0 Å². The Morgan fingerprint density at radius 2 is 1.36 bits per heavy atom. The third-order valence-electron chi connectivity index (χ3n) is 2.80. The zero-order valence-electron chi connectivity index (χ0n) is 11.6. The molecule has 0 heterocycles. The summed E-state index contributed by atoms with van der Waals surface area (Å²) in [6.07, 6.45) is 1.92. The summed E-state index contributed by atoms with van der Waals surface area (Å²) in [6, 6.07) is 11.6. The lowest BCUT2D eigenvalue weighted by molar-refractivity contribution is 0.595. The summed E-state index contributed by atoms with van der Waals surface area (Å²) < 4.78 is 49.2. The van der Waals surface area contributed by atoms with Gasteiger partial charge in [-0.25, -0.2) is 22.0 Å². The average molecular weight is 358 g/mol. The van der Waals surface area contributed by atoms with Gasteiger partial charge < -0.3 is 0 Å². The van der Waals surface area contributed by atoms with Gasteiger partial charge in [-0.3, -0.25) is 4.72 Å². The van der Waals surface area contributed by atoms with E-state index in [0.29, 0.717) is 5.69 Å². The number of rotatable bonds is 5. The van der Waals surface area contributed by atoms with Crippen molar-refractivity contribution in [2.75, 3.05) is 11.0 Å². The Kier molecular flexibility index (Phi) is 4.81. The molecule has 6 nitrogen and oxygen atoms in total. The number of hydrogen-bond donors (Lipinski definition) is 2. The second-order valence-corrected chi connectivity index (χ2v) is 8.47. The predicted molar refractivity (Wildman–Crippen MR) is 86.8 cm³/mol. The van der Waals surface area contributed by atoms with Crippen LogP contribution in [-0.2, 0) is 20.0 Å². The number of hydrogen-bond acceptors (Lipinski definition) is 5. The lowest BCUT2D eigenvalue weighted by Gasteiger charge is -2.09. The first-order valence-corrected chi connectivity index (χ1v) is 10.3. The van der Waals surface area contributed by atoms with Crippen LogP contribution in [0.1, 0.15) is 0 Å². The Hall–Kier alpha value is -1.55. The fourth-order valence-electron chi connectivity index (χ4n) is 1.68. The molecule has 2 aromatic rings. The molecule has 0 bridgehead atoms. The normalized spacial score (nSPS) is 12.1. The first-order valence-electron chi connectivity index (χ1n) is 6.02. The monoisotopic (exact) mass is 358 g/mol. The van der Waals surface area contributed by atoms with Crippen LogP contribution in [0.3, 0.4) is 0 Å². The Morgan fingerprint density at radius 1 is 0.864 bits per heavy atom. The number of primary sulfonamides is 1. The van der Waals surface area contributed by atoms with E-state index in [2.05, 4.69) is 4.72 Å². The lowest BCUT2D eigenvalue weighted by atomic mass is 10.3. The van der Waals surface area contributed by atoms with Gasteiger partial charge in [0.1, 0.15) is 0 Å². The van der Waals surface area contributed by atoms with E-state index in [-0.39, 0.29) is 9.79 Å². The van der Waals surface area contributed by atoms with E-state index < -0.39 is 20.0 Å². The van der Waals surface area contributed by atoms with Gasteiger partial charge in [0.2, 0.25) is 10.0 Å². The molecule has 0 amide bonds. The number of benzene rings is 2. The molecular weight excluding hydrogens is 344 g/mol. The second-order valence-electron chi connectivity index (χ2n) is 4.35. The van der Waals surface area contributed by atoms with Gasteiger partial charge in [0.25, 0.3) is 10.0 Å². The van der Waals surface area contributed by atoms with E-state index in [9.17, 15) is 16.8 Å². The van der Waals surface area contributed by atoms with Crippen LogP contribution in [0.4, 0.5) is 5.69 Å². The van der Waals surface area contributed by atoms with Gasteiger partial charge in [-0.15, -0.1) is 11.8 Å². The van der Waals surface area contributed by atoms with Crippen molar-refractivity contribution in [2.24, 2.45) is 5.14 Å². The predicted octanol–water partition coefficient (Wildman–Crippen LogP) is 1.86. The molecule has 0 atom stereocenters. The Bertz CT molecular complexity index is 859. The highest BCUT2D eigenvalue weighted by Gasteiger charge is 2.16. The van der Waals surface area contributed by atoms with Crippen LogP contribution < -0.4 is 9.86 Å². The van der Waals surface area contributed by atoms with Crippen LogP contribution >= 0.6 is 11.8 Å². The maximum Gasteiger partial charge on any atom is 0.261 e. The van der Waals surface area contributed by atoms with Crippen LogP contribution in [-0.4, -0.2) is 23.1 Å². The molecule has 22 heavy (non-hydrogen) atoms. The van der Waals surface area contributed by atoms with Crippen molar-refractivity contribution in [3.05, 3.63) is 48.5 Å². The molecule has 0 saturated heterocycles. The lowest BCUT2D eigenvalue weighted by Crippen LogP contribution is -2.15. The summed E-state index contributed by atoms with van der Waals surface area (Å²) in [5, 5.41) is 4.97. The molecule has 0 aliphatic heterocycles. The fourth-order valence-corrected chi connectivity index (χ4v) is 3.66. The molecule has 0 fully saturated rings. The van der Waals surface area contributed by atoms with E-state index in [1.807, 2.05) is 6.26 Å². The van der Waals surface area contributed by atoms with Crippen molar-refractivity contribution in [2.45, 2.75) is 14.7 Å². The SMILES string of the molecule is CSc1ccc(NS(=O)(=O)c2ccc(S(N)(=O)=O)cc2)cc1. The summed E-state index contributed by atoms with van der Waals surface area (Å²) in [5.74, 6) is 0. The van der Waals surface area contributed by atoms with Crippen molar-refractivity contribution in [1.29, 1.82) is 0 Å². The fraction of sp³-hybridized carbons (Fsp3) is 0.0769. The Morgan fingerprint density at radius 3 is 1.82 bits per heavy atom. The number of nitrogens with two attached hydrogens (primary N) is 1. The Balaban J connectivity index is 2.26. The quantitative estimate of drug-likeness (QED) is 0.794. The number of anilines is 1. The maximum atomic E-state index is 12.2. The Labute approximate surface area is 133 Å². The highest BCUT2D eigenvalue weighted by atomic mass is 32.2. The zero-order valence-corrected chi connectivity index (χ0v) is 14.0. The number of sulfonamides is 2. The minimum absolute atomic E-state index is 0.0474. The first-order chi connectivity index (χ1) is 10.2. The van der Waals surface area contributed by atoms with Gasteiger partial charge in [-0.05, 0) is 54.8 Å². The van der Waals surface area contributed by atoms with E-state index in [1.54, 1.807) is 36.0 Å². The maximum absolute atomic E-state index is 12.2. The van der Waals surface area contributed by atoms with Crippen LogP contribution in [0.15, 0.2) is 63.2 Å². The third kappa shape index (κ3) is 4.01. The molecular formula is C13H14N2O4S3. The largest absolute Gasteiger partial charge is 0.280 e. The summed E-state index contributed by atoms with van der Waals surface area (Å²) >= 11 is 1.55. The van der Waals surface area contributed by atoms with E-state index in [1.165, 1.54) is 12.1 Å². The van der Waals surface area contributed by atoms with E-state index in [0.717, 1.165) is 17.0 Å². The third-order valence-corrected chi connectivity index (χ3v) is 5.87. The molecule has 2 aromatic carbocycles. The highest BCUT2D eigenvalue weighted by molar-refractivity contribution is 7.98. The zero-order chi connectivity index (χ0) is 16.4. The van der Waals surface area contributed by atoms with Gasteiger partial charge in [-0.2, -0.15) is 0 Å². The van der Waals surface area contributed by atoms with E-state index >= 15 is 0 Å². The van der Waals surface area contributed by atoms with Gasteiger partial charge >= 0.3 is 0 Å². The molecule has 0 saturated carbocycles. The van der Waals surface area contributed by atoms with Crippen LogP contribution in [0.25, 0.3) is 0 Å². The summed E-state index contributed by atoms with van der Waals surface area (Å²) in [4.78, 5) is 0.824. The van der Waals surface area contributed by atoms with Crippen LogP contribution in [0, 0.1) is 0 Å².